The van der Waals surface area contributed by atoms with Crippen molar-refractivity contribution in [1.82, 2.24) is 29.3 Å². The molecule has 0 aliphatic rings. The van der Waals surface area contributed by atoms with Gasteiger partial charge in [0.05, 0.1) is 27.8 Å². The average Bonchev–Trinajstić information content (AvgIpc) is 3.88. The Morgan fingerprint density at radius 3 is 1.73 bits per heavy atom. The minimum atomic E-state index is 0.470. The van der Waals surface area contributed by atoms with Crippen molar-refractivity contribution in [2.45, 2.75) is 0 Å². The van der Waals surface area contributed by atoms with E-state index in [2.05, 4.69) is 127 Å². The molecule has 10 aromatic rings. The van der Waals surface area contributed by atoms with Gasteiger partial charge >= 0.3 is 0 Å². The molecule has 10 rings (SSSR count). The first kappa shape index (κ1) is 27.3. The number of hydrogen-bond acceptors (Lipinski definition) is 5. The molecule has 7 heteroatoms. The van der Waals surface area contributed by atoms with E-state index in [9.17, 15) is 0 Å². The summed E-state index contributed by atoms with van der Waals surface area (Å²) in [5.41, 5.74) is 9.08. The molecule has 49 heavy (non-hydrogen) atoms. The molecule has 0 radical (unpaired) electrons. The van der Waals surface area contributed by atoms with Gasteiger partial charge in [-0.3, -0.25) is 9.55 Å². The van der Waals surface area contributed by atoms with Crippen molar-refractivity contribution in [3.8, 4) is 45.7 Å². The number of fused-ring (bicyclic) bond motifs is 6. The van der Waals surface area contributed by atoms with Crippen molar-refractivity contribution in [2.24, 2.45) is 0 Å². The molecular formula is C42H26N6O. The Labute approximate surface area is 280 Å². The third-order valence-electron chi connectivity index (χ3n) is 9.20. The fraction of sp³-hybridized carbons (Fsp3) is 0. The van der Waals surface area contributed by atoms with E-state index >= 15 is 0 Å². The smallest absolute Gasteiger partial charge is 0.248 e. The summed E-state index contributed by atoms with van der Waals surface area (Å²) in [5, 5.41) is 13.5. The second-order valence-electron chi connectivity index (χ2n) is 12.0. The number of pyridine rings is 2. The highest BCUT2D eigenvalue weighted by molar-refractivity contribution is 6.11. The fourth-order valence-electron chi connectivity index (χ4n) is 6.99. The van der Waals surface area contributed by atoms with Crippen LogP contribution in [0.3, 0.4) is 0 Å². The van der Waals surface area contributed by atoms with Crippen molar-refractivity contribution >= 4 is 43.6 Å². The zero-order valence-corrected chi connectivity index (χ0v) is 26.1. The van der Waals surface area contributed by atoms with E-state index in [0.29, 0.717) is 11.8 Å². The zero-order valence-electron chi connectivity index (χ0n) is 26.1. The van der Waals surface area contributed by atoms with E-state index in [0.717, 1.165) is 72.1 Å². The number of rotatable bonds is 5. The van der Waals surface area contributed by atoms with Gasteiger partial charge in [-0.15, -0.1) is 10.2 Å². The molecule has 5 heterocycles. The van der Waals surface area contributed by atoms with Crippen molar-refractivity contribution in [2.75, 3.05) is 0 Å². The van der Waals surface area contributed by atoms with Crippen LogP contribution in [0.1, 0.15) is 0 Å². The van der Waals surface area contributed by atoms with Crippen molar-refractivity contribution < 1.29 is 4.42 Å². The number of benzene rings is 5. The van der Waals surface area contributed by atoms with Crippen LogP contribution in [0.25, 0.3) is 89.3 Å². The summed E-state index contributed by atoms with van der Waals surface area (Å²) in [6.07, 6.45) is 3.61. The number of hydrogen-bond donors (Lipinski definition) is 0. The molecule has 0 saturated heterocycles. The third kappa shape index (κ3) is 4.37. The number of nitrogens with zero attached hydrogens (tertiary/aromatic N) is 6. The summed E-state index contributed by atoms with van der Waals surface area (Å²) in [5.74, 6) is 1.79. The van der Waals surface area contributed by atoms with Gasteiger partial charge in [0.2, 0.25) is 11.8 Å². The molecule has 5 aromatic heterocycles. The van der Waals surface area contributed by atoms with E-state index < -0.39 is 0 Å². The Hall–Kier alpha value is -6.86. The predicted octanol–water partition coefficient (Wildman–Crippen LogP) is 10.1. The lowest BCUT2D eigenvalue weighted by Crippen LogP contribution is -1.98. The van der Waals surface area contributed by atoms with Gasteiger partial charge in [0.25, 0.3) is 0 Å². The van der Waals surface area contributed by atoms with Crippen LogP contribution in [0.15, 0.2) is 162 Å². The SMILES string of the molecule is c1ccc(-n2c3ccccc3c3cc(-c4nnc(-c5ccc6c(c5)c5ccccc5n6-c5cccc(-c6cccnc6)n5)o4)ccc32)cc1. The second kappa shape index (κ2) is 10.9. The van der Waals surface area contributed by atoms with E-state index in [-0.39, 0.29) is 0 Å². The first-order valence-electron chi connectivity index (χ1n) is 16.1. The maximum Gasteiger partial charge on any atom is 0.248 e. The third-order valence-corrected chi connectivity index (χ3v) is 9.20. The van der Waals surface area contributed by atoms with E-state index in [1.807, 2.05) is 48.7 Å². The van der Waals surface area contributed by atoms with Gasteiger partial charge in [-0.05, 0) is 84.9 Å². The van der Waals surface area contributed by atoms with Crippen molar-refractivity contribution in [1.29, 1.82) is 0 Å². The van der Waals surface area contributed by atoms with E-state index in [1.165, 1.54) is 5.39 Å². The van der Waals surface area contributed by atoms with Crippen LogP contribution >= 0.6 is 0 Å². The van der Waals surface area contributed by atoms with Crippen LogP contribution < -0.4 is 0 Å². The van der Waals surface area contributed by atoms with Gasteiger partial charge < -0.3 is 8.98 Å². The van der Waals surface area contributed by atoms with Crippen LogP contribution in [-0.4, -0.2) is 29.3 Å². The molecule has 0 amide bonds. The molecular weight excluding hydrogens is 605 g/mol. The lowest BCUT2D eigenvalue weighted by Gasteiger charge is -2.09. The molecule has 0 atom stereocenters. The Bertz CT molecular complexity index is 2830. The summed E-state index contributed by atoms with van der Waals surface area (Å²) in [6, 6.07) is 50.0. The molecule has 0 spiro atoms. The van der Waals surface area contributed by atoms with Crippen LogP contribution in [0.4, 0.5) is 0 Å². The van der Waals surface area contributed by atoms with Gasteiger partial charge in [0.1, 0.15) is 5.82 Å². The van der Waals surface area contributed by atoms with Crippen LogP contribution in [0.5, 0.6) is 0 Å². The van der Waals surface area contributed by atoms with Crippen LogP contribution in [0, 0.1) is 0 Å². The maximum absolute atomic E-state index is 6.37. The predicted molar refractivity (Wildman–Crippen MR) is 195 cm³/mol. The first-order chi connectivity index (χ1) is 24.3. The monoisotopic (exact) mass is 630 g/mol. The first-order valence-corrected chi connectivity index (χ1v) is 16.1. The molecule has 5 aromatic carbocycles. The number of aromatic nitrogens is 6. The molecule has 0 saturated carbocycles. The molecule has 0 aliphatic heterocycles. The van der Waals surface area contributed by atoms with Gasteiger partial charge in [0, 0.05) is 56.3 Å². The average molecular weight is 631 g/mol. The lowest BCUT2D eigenvalue weighted by molar-refractivity contribution is 0.585. The van der Waals surface area contributed by atoms with Crippen molar-refractivity contribution in [3.05, 3.63) is 158 Å². The molecule has 0 unspecified atom stereocenters. The summed E-state index contributed by atoms with van der Waals surface area (Å²) in [4.78, 5) is 9.33. The standard InChI is InChI=1S/C42H26N6O/c1-2-11-30(12-3-1)47-36-16-6-4-13-31(36)33-24-27(19-21-38(33)47)41-45-46-42(49-41)28-20-22-39-34(25-28)32-14-5-7-17-37(32)48(39)40-18-8-15-35(44-40)29-10-9-23-43-26-29/h1-26H. The van der Waals surface area contributed by atoms with Gasteiger partial charge in [0.15, 0.2) is 0 Å². The minimum absolute atomic E-state index is 0.470. The molecule has 0 bridgehead atoms. The summed E-state index contributed by atoms with van der Waals surface area (Å²) in [6.45, 7) is 0. The van der Waals surface area contributed by atoms with Crippen LogP contribution in [-0.2, 0) is 0 Å². The Morgan fingerprint density at radius 1 is 0.449 bits per heavy atom. The second-order valence-corrected chi connectivity index (χ2v) is 12.0. The van der Waals surface area contributed by atoms with Crippen molar-refractivity contribution in [3.63, 3.8) is 0 Å². The maximum atomic E-state index is 6.37. The van der Waals surface area contributed by atoms with Gasteiger partial charge in [-0.25, -0.2) is 4.98 Å². The Balaban J connectivity index is 1.07. The van der Waals surface area contributed by atoms with Gasteiger partial charge in [-0.2, -0.15) is 0 Å². The van der Waals surface area contributed by atoms with E-state index in [1.54, 1.807) is 6.20 Å². The molecule has 0 N–H and O–H groups in total. The van der Waals surface area contributed by atoms with E-state index in [4.69, 9.17) is 9.40 Å². The van der Waals surface area contributed by atoms with Gasteiger partial charge in [-0.1, -0.05) is 60.7 Å². The highest BCUT2D eigenvalue weighted by Crippen LogP contribution is 2.37. The Kier molecular flexibility index (Phi) is 6.04. The highest BCUT2D eigenvalue weighted by atomic mass is 16.4. The molecule has 0 aliphatic carbocycles. The van der Waals surface area contributed by atoms with Crippen LogP contribution in [0.2, 0.25) is 0 Å². The molecule has 7 nitrogen and oxygen atoms in total. The topological polar surface area (TPSA) is 74.6 Å². The summed E-state index contributed by atoms with van der Waals surface area (Å²) < 4.78 is 10.9. The highest BCUT2D eigenvalue weighted by Gasteiger charge is 2.18. The quantitative estimate of drug-likeness (QED) is 0.189. The largest absolute Gasteiger partial charge is 0.416 e. The summed E-state index contributed by atoms with van der Waals surface area (Å²) >= 11 is 0. The molecule has 230 valence electrons. The fourth-order valence-corrected chi connectivity index (χ4v) is 6.99. The zero-order chi connectivity index (χ0) is 32.3. The summed E-state index contributed by atoms with van der Waals surface area (Å²) in [7, 11) is 0. The Morgan fingerprint density at radius 2 is 1.06 bits per heavy atom. The molecule has 0 fully saturated rings. The number of para-hydroxylation sites is 3. The normalized spacial score (nSPS) is 11.7. The lowest BCUT2D eigenvalue weighted by atomic mass is 10.1. The minimum Gasteiger partial charge on any atom is -0.416 e.